The Labute approximate surface area is 123 Å². The van der Waals surface area contributed by atoms with Crippen molar-refractivity contribution < 1.29 is 0 Å². The Morgan fingerprint density at radius 3 is 2.95 bits per heavy atom. The average Bonchev–Trinajstić information content (AvgIpc) is 2.79. The molecule has 1 unspecified atom stereocenters. The van der Waals surface area contributed by atoms with Crippen LogP contribution >= 0.6 is 0 Å². The molecule has 4 heteroatoms. The number of piperidine rings is 1. The van der Waals surface area contributed by atoms with Crippen molar-refractivity contribution >= 4 is 5.95 Å². The Balaban J connectivity index is 1.81. The molecule has 0 radical (unpaired) electrons. The van der Waals surface area contributed by atoms with Crippen molar-refractivity contribution in [3.63, 3.8) is 0 Å². The lowest BCUT2D eigenvalue weighted by molar-refractivity contribution is 0.157. The lowest BCUT2D eigenvalue weighted by Crippen LogP contribution is -2.38. The summed E-state index contributed by atoms with van der Waals surface area (Å²) < 4.78 is 2.28. The molecule has 0 saturated carbocycles. The summed E-state index contributed by atoms with van der Waals surface area (Å²) in [5.41, 5.74) is 1.11. The quantitative estimate of drug-likeness (QED) is 0.831. The maximum Gasteiger partial charge on any atom is 0.203 e. The van der Waals surface area contributed by atoms with Gasteiger partial charge in [0.25, 0.3) is 0 Å². The van der Waals surface area contributed by atoms with Crippen LogP contribution in [-0.4, -0.2) is 40.1 Å². The number of aromatic nitrogens is 2. The fraction of sp³-hybridized carbons (Fsp3) is 0.812. The van der Waals surface area contributed by atoms with Gasteiger partial charge in [0.2, 0.25) is 5.95 Å². The fourth-order valence-corrected chi connectivity index (χ4v) is 3.03. The van der Waals surface area contributed by atoms with E-state index in [1.165, 1.54) is 38.8 Å². The van der Waals surface area contributed by atoms with Gasteiger partial charge in [-0.25, -0.2) is 4.98 Å². The molecule has 1 N–H and O–H groups in total. The zero-order valence-electron chi connectivity index (χ0n) is 13.4. The highest BCUT2D eigenvalue weighted by atomic mass is 15.2. The van der Waals surface area contributed by atoms with Gasteiger partial charge >= 0.3 is 0 Å². The fourth-order valence-electron chi connectivity index (χ4n) is 3.03. The summed E-state index contributed by atoms with van der Waals surface area (Å²) in [6, 6.07) is 0.769. The molecule has 114 valence electrons. The summed E-state index contributed by atoms with van der Waals surface area (Å²) in [7, 11) is 0. The second-order valence-electron chi connectivity index (χ2n) is 6.06. The van der Waals surface area contributed by atoms with Crippen LogP contribution in [0.15, 0.2) is 6.20 Å². The number of hydrogen-bond donors (Lipinski definition) is 1. The van der Waals surface area contributed by atoms with E-state index >= 15 is 0 Å². The van der Waals surface area contributed by atoms with E-state index in [0.717, 1.165) is 37.2 Å². The standard InChI is InChI=1S/C16H30N4/c1-4-9-17-16-18-14(2)13-20(16)12-7-11-19-10-6-5-8-15(19)3/h13,15H,4-12H2,1-3H3,(H,17,18). The Kier molecular flexibility index (Phi) is 5.89. The summed E-state index contributed by atoms with van der Waals surface area (Å²) in [6.45, 7) is 11.2. The van der Waals surface area contributed by atoms with Crippen molar-refractivity contribution in [2.75, 3.05) is 25.0 Å². The molecule has 1 aliphatic rings. The molecular formula is C16H30N4. The summed E-state index contributed by atoms with van der Waals surface area (Å²) in [5, 5.41) is 3.42. The van der Waals surface area contributed by atoms with Crippen LogP contribution in [0.1, 0.15) is 51.6 Å². The number of aryl methyl sites for hydroxylation is 2. The molecule has 1 aromatic rings. The Morgan fingerprint density at radius 2 is 2.20 bits per heavy atom. The number of imidazole rings is 1. The van der Waals surface area contributed by atoms with Gasteiger partial charge in [0.05, 0.1) is 5.69 Å². The number of likely N-dealkylation sites (tertiary alicyclic amines) is 1. The third kappa shape index (κ3) is 4.23. The second kappa shape index (κ2) is 7.67. The molecule has 1 saturated heterocycles. The van der Waals surface area contributed by atoms with Crippen LogP contribution in [0, 0.1) is 6.92 Å². The normalized spacial score (nSPS) is 20.2. The molecule has 0 amide bonds. The van der Waals surface area contributed by atoms with E-state index in [1.807, 2.05) is 0 Å². The summed E-state index contributed by atoms with van der Waals surface area (Å²) in [5.74, 6) is 1.04. The molecule has 0 aromatic carbocycles. The van der Waals surface area contributed by atoms with Gasteiger partial charge in [-0.15, -0.1) is 0 Å². The maximum atomic E-state index is 4.57. The van der Waals surface area contributed by atoms with Gasteiger partial charge in [-0.05, 0) is 46.1 Å². The van der Waals surface area contributed by atoms with Gasteiger partial charge in [-0.3, -0.25) is 0 Å². The smallest absolute Gasteiger partial charge is 0.203 e. The lowest BCUT2D eigenvalue weighted by Gasteiger charge is -2.33. The zero-order chi connectivity index (χ0) is 14.4. The topological polar surface area (TPSA) is 33.1 Å². The lowest BCUT2D eigenvalue weighted by atomic mass is 10.0. The molecule has 20 heavy (non-hydrogen) atoms. The molecule has 4 nitrogen and oxygen atoms in total. The van der Waals surface area contributed by atoms with Crippen LogP contribution < -0.4 is 5.32 Å². The summed E-state index contributed by atoms with van der Waals surface area (Å²) in [6.07, 6.45) is 8.66. The molecule has 1 aromatic heterocycles. The van der Waals surface area contributed by atoms with E-state index < -0.39 is 0 Å². The van der Waals surface area contributed by atoms with Gasteiger partial charge in [0.1, 0.15) is 0 Å². The Morgan fingerprint density at radius 1 is 1.35 bits per heavy atom. The molecule has 1 aliphatic heterocycles. The van der Waals surface area contributed by atoms with E-state index in [1.54, 1.807) is 0 Å². The van der Waals surface area contributed by atoms with Gasteiger partial charge in [0.15, 0.2) is 0 Å². The molecular weight excluding hydrogens is 248 g/mol. The first-order valence-corrected chi connectivity index (χ1v) is 8.22. The molecule has 1 atom stereocenters. The second-order valence-corrected chi connectivity index (χ2v) is 6.06. The van der Waals surface area contributed by atoms with Crippen LogP contribution in [0.25, 0.3) is 0 Å². The largest absolute Gasteiger partial charge is 0.356 e. The predicted octanol–water partition coefficient (Wildman–Crippen LogP) is 3.28. The molecule has 2 rings (SSSR count). The van der Waals surface area contributed by atoms with Crippen molar-refractivity contribution in [3.8, 4) is 0 Å². The van der Waals surface area contributed by atoms with E-state index in [2.05, 4.69) is 46.7 Å². The predicted molar refractivity (Wildman–Crippen MR) is 85.2 cm³/mol. The highest BCUT2D eigenvalue weighted by Crippen LogP contribution is 2.17. The van der Waals surface area contributed by atoms with Crippen molar-refractivity contribution in [1.82, 2.24) is 14.5 Å². The van der Waals surface area contributed by atoms with Gasteiger partial charge < -0.3 is 14.8 Å². The summed E-state index contributed by atoms with van der Waals surface area (Å²) in [4.78, 5) is 7.21. The highest BCUT2D eigenvalue weighted by Gasteiger charge is 2.17. The van der Waals surface area contributed by atoms with E-state index in [9.17, 15) is 0 Å². The number of rotatable bonds is 7. The van der Waals surface area contributed by atoms with Crippen LogP contribution in [0.5, 0.6) is 0 Å². The van der Waals surface area contributed by atoms with Gasteiger partial charge in [-0.2, -0.15) is 0 Å². The number of anilines is 1. The van der Waals surface area contributed by atoms with Crippen molar-refractivity contribution in [1.29, 1.82) is 0 Å². The van der Waals surface area contributed by atoms with Gasteiger partial charge in [-0.1, -0.05) is 13.3 Å². The van der Waals surface area contributed by atoms with Crippen LogP contribution in [0.2, 0.25) is 0 Å². The maximum absolute atomic E-state index is 4.57. The van der Waals surface area contributed by atoms with Crippen molar-refractivity contribution in [3.05, 3.63) is 11.9 Å². The molecule has 0 aliphatic carbocycles. The molecule has 1 fully saturated rings. The monoisotopic (exact) mass is 278 g/mol. The van der Waals surface area contributed by atoms with Crippen molar-refractivity contribution in [2.45, 2.75) is 65.5 Å². The van der Waals surface area contributed by atoms with Crippen molar-refractivity contribution in [2.24, 2.45) is 0 Å². The Bertz CT molecular complexity index is 399. The Hall–Kier alpha value is -1.03. The average molecular weight is 278 g/mol. The van der Waals surface area contributed by atoms with Crippen LogP contribution in [0.3, 0.4) is 0 Å². The van der Waals surface area contributed by atoms with Gasteiger partial charge in [0, 0.05) is 31.9 Å². The highest BCUT2D eigenvalue weighted by molar-refractivity contribution is 5.28. The first-order valence-electron chi connectivity index (χ1n) is 8.22. The number of hydrogen-bond acceptors (Lipinski definition) is 3. The van der Waals surface area contributed by atoms with E-state index in [4.69, 9.17) is 0 Å². The minimum Gasteiger partial charge on any atom is -0.356 e. The third-order valence-corrected chi connectivity index (χ3v) is 4.22. The first kappa shape index (κ1) is 15.4. The van der Waals surface area contributed by atoms with E-state index in [-0.39, 0.29) is 0 Å². The first-order chi connectivity index (χ1) is 9.70. The number of nitrogens with zero attached hydrogens (tertiary/aromatic N) is 3. The SMILES string of the molecule is CCCNc1nc(C)cn1CCCN1CCCCC1C. The molecule has 2 heterocycles. The number of nitrogens with one attached hydrogen (secondary N) is 1. The van der Waals surface area contributed by atoms with Crippen LogP contribution in [-0.2, 0) is 6.54 Å². The van der Waals surface area contributed by atoms with E-state index in [0.29, 0.717) is 0 Å². The van der Waals surface area contributed by atoms with Crippen LogP contribution in [0.4, 0.5) is 5.95 Å². The third-order valence-electron chi connectivity index (χ3n) is 4.22. The molecule has 0 bridgehead atoms. The minimum atomic E-state index is 0.769. The minimum absolute atomic E-state index is 0.769. The summed E-state index contributed by atoms with van der Waals surface area (Å²) >= 11 is 0. The molecule has 0 spiro atoms. The zero-order valence-corrected chi connectivity index (χ0v) is 13.4.